The molecule has 14 heavy (non-hydrogen) atoms. The van der Waals surface area contributed by atoms with Gasteiger partial charge in [0.15, 0.2) is 0 Å². The predicted molar refractivity (Wildman–Crippen MR) is 61.0 cm³/mol. The van der Waals surface area contributed by atoms with Gasteiger partial charge in [0.2, 0.25) is 0 Å². The first-order chi connectivity index (χ1) is 6.65. The number of aryl methyl sites for hydroxylation is 3. The van der Waals surface area contributed by atoms with E-state index in [1.54, 1.807) is 0 Å². The van der Waals surface area contributed by atoms with Gasteiger partial charge < -0.3 is 4.74 Å². The van der Waals surface area contributed by atoms with E-state index in [1.807, 2.05) is 19.1 Å². The Morgan fingerprint density at radius 1 is 1.14 bits per heavy atom. The molecule has 1 aromatic carbocycles. The van der Waals surface area contributed by atoms with E-state index < -0.39 is 0 Å². The van der Waals surface area contributed by atoms with E-state index in [1.165, 1.54) is 16.7 Å². The Balaban J connectivity index is 2.85. The van der Waals surface area contributed by atoms with Gasteiger partial charge in [-0.05, 0) is 38.8 Å². The fourth-order valence-electron chi connectivity index (χ4n) is 1.62. The topological polar surface area (TPSA) is 9.23 Å². The Kier molecular flexibility index (Phi) is 3.75. The van der Waals surface area contributed by atoms with Crippen molar-refractivity contribution >= 4 is 0 Å². The van der Waals surface area contributed by atoms with Crippen LogP contribution in [-0.4, -0.2) is 6.61 Å². The summed E-state index contributed by atoms with van der Waals surface area (Å²) >= 11 is 0. The molecular weight excluding hydrogens is 172 g/mol. The van der Waals surface area contributed by atoms with Gasteiger partial charge in [0.25, 0.3) is 0 Å². The number of allylic oxidation sites excluding steroid dienone is 1. The van der Waals surface area contributed by atoms with Gasteiger partial charge >= 0.3 is 0 Å². The van der Waals surface area contributed by atoms with Crippen LogP contribution in [0, 0.1) is 20.8 Å². The van der Waals surface area contributed by atoms with Crippen molar-refractivity contribution < 1.29 is 4.74 Å². The van der Waals surface area contributed by atoms with Crippen LogP contribution in [0.25, 0.3) is 0 Å². The van der Waals surface area contributed by atoms with Crippen LogP contribution in [0.4, 0.5) is 0 Å². The van der Waals surface area contributed by atoms with E-state index in [4.69, 9.17) is 4.74 Å². The molecule has 1 nitrogen and oxygen atoms in total. The Hall–Kier alpha value is -1.24. The number of hydrogen-bond acceptors (Lipinski definition) is 1. The quantitative estimate of drug-likeness (QED) is 0.662. The van der Waals surface area contributed by atoms with Crippen molar-refractivity contribution in [3.05, 3.63) is 41.0 Å². The van der Waals surface area contributed by atoms with Crippen molar-refractivity contribution in [2.45, 2.75) is 27.7 Å². The largest absolute Gasteiger partial charge is 0.489 e. The first kappa shape index (κ1) is 10.8. The van der Waals surface area contributed by atoms with Gasteiger partial charge in [-0.15, -0.1) is 0 Å². The summed E-state index contributed by atoms with van der Waals surface area (Å²) in [5.41, 5.74) is 3.72. The average molecular weight is 190 g/mol. The van der Waals surface area contributed by atoms with Gasteiger partial charge in [-0.25, -0.2) is 0 Å². The third-order valence-corrected chi connectivity index (χ3v) is 2.16. The molecule has 0 aliphatic rings. The molecule has 0 heterocycles. The summed E-state index contributed by atoms with van der Waals surface area (Å²) in [4.78, 5) is 0. The third kappa shape index (κ3) is 2.63. The molecule has 0 bridgehead atoms. The zero-order chi connectivity index (χ0) is 10.6. The van der Waals surface area contributed by atoms with E-state index >= 15 is 0 Å². The van der Waals surface area contributed by atoms with E-state index in [9.17, 15) is 0 Å². The van der Waals surface area contributed by atoms with Crippen molar-refractivity contribution in [1.29, 1.82) is 0 Å². The van der Waals surface area contributed by atoms with Crippen molar-refractivity contribution in [1.82, 2.24) is 0 Å². The zero-order valence-corrected chi connectivity index (χ0v) is 9.42. The van der Waals surface area contributed by atoms with Crippen molar-refractivity contribution in [3.8, 4) is 5.75 Å². The van der Waals surface area contributed by atoms with E-state index in [0.717, 1.165) is 5.75 Å². The summed E-state index contributed by atoms with van der Waals surface area (Å²) in [6.07, 6.45) is 4.01. The summed E-state index contributed by atoms with van der Waals surface area (Å²) in [7, 11) is 0. The molecule has 0 amide bonds. The lowest BCUT2D eigenvalue weighted by Gasteiger charge is -2.11. The second-order valence-corrected chi connectivity index (χ2v) is 3.61. The number of rotatable bonds is 3. The van der Waals surface area contributed by atoms with Crippen LogP contribution in [-0.2, 0) is 0 Å². The van der Waals surface area contributed by atoms with E-state index in [2.05, 4.69) is 32.9 Å². The molecule has 76 valence electrons. The van der Waals surface area contributed by atoms with Crippen molar-refractivity contribution in [2.75, 3.05) is 6.61 Å². The molecule has 0 N–H and O–H groups in total. The SMILES string of the molecule is C/C=C/COc1c(C)cc(C)cc1C. The summed E-state index contributed by atoms with van der Waals surface area (Å²) in [6.45, 7) is 8.94. The first-order valence-electron chi connectivity index (χ1n) is 4.97. The summed E-state index contributed by atoms with van der Waals surface area (Å²) < 4.78 is 5.68. The molecule has 1 heteroatoms. The predicted octanol–water partition coefficient (Wildman–Crippen LogP) is 3.57. The molecule has 0 spiro atoms. The molecule has 0 aliphatic carbocycles. The number of benzene rings is 1. The Morgan fingerprint density at radius 2 is 1.71 bits per heavy atom. The summed E-state index contributed by atoms with van der Waals surface area (Å²) in [5, 5.41) is 0. The van der Waals surface area contributed by atoms with Crippen LogP contribution in [0.15, 0.2) is 24.3 Å². The van der Waals surface area contributed by atoms with Gasteiger partial charge in [0.1, 0.15) is 12.4 Å². The van der Waals surface area contributed by atoms with Gasteiger partial charge in [0.05, 0.1) is 0 Å². The van der Waals surface area contributed by atoms with Crippen LogP contribution < -0.4 is 4.74 Å². The van der Waals surface area contributed by atoms with Crippen LogP contribution in [0.1, 0.15) is 23.6 Å². The van der Waals surface area contributed by atoms with Gasteiger partial charge in [-0.1, -0.05) is 29.8 Å². The number of hydrogen-bond donors (Lipinski definition) is 0. The summed E-state index contributed by atoms with van der Waals surface area (Å²) in [5.74, 6) is 1.02. The van der Waals surface area contributed by atoms with Crippen LogP contribution in [0.5, 0.6) is 5.75 Å². The Bertz CT molecular complexity index is 314. The highest BCUT2D eigenvalue weighted by Gasteiger charge is 2.03. The fraction of sp³-hybridized carbons (Fsp3) is 0.385. The molecule has 0 aliphatic heterocycles. The maximum Gasteiger partial charge on any atom is 0.125 e. The second-order valence-electron chi connectivity index (χ2n) is 3.61. The highest BCUT2D eigenvalue weighted by atomic mass is 16.5. The standard InChI is InChI=1S/C13H18O/c1-5-6-7-14-13-11(3)8-10(2)9-12(13)4/h5-6,8-9H,7H2,1-4H3/b6-5+. The molecule has 1 aromatic rings. The van der Waals surface area contributed by atoms with Crippen molar-refractivity contribution in [3.63, 3.8) is 0 Å². The number of ether oxygens (including phenoxy) is 1. The molecule has 0 unspecified atom stereocenters. The van der Waals surface area contributed by atoms with Crippen molar-refractivity contribution in [2.24, 2.45) is 0 Å². The minimum atomic E-state index is 0.654. The van der Waals surface area contributed by atoms with Crippen LogP contribution in [0.2, 0.25) is 0 Å². The molecular formula is C13H18O. The minimum Gasteiger partial charge on any atom is -0.489 e. The first-order valence-corrected chi connectivity index (χ1v) is 4.97. The third-order valence-electron chi connectivity index (χ3n) is 2.16. The fourth-order valence-corrected chi connectivity index (χ4v) is 1.62. The highest BCUT2D eigenvalue weighted by Crippen LogP contribution is 2.24. The average Bonchev–Trinajstić information content (AvgIpc) is 2.09. The monoisotopic (exact) mass is 190 g/mol. The highest BCUT2D eigenvalue weighted by molar-refractivity contribution is 5.42. The lowest BCUT2D eigenvalue weighted by molar-refractivity contribution is 0.357. The molecule has 0 radical (unpaired) electrons. The maximum atomic E-state index is 5.68. The minimum absolute atomic E-state index is 0.654. The second kappa shape index (κ2) is 4.85. The van der Waals surface area contributed by atoms with Crippen LogP contribution in [0.3, 0.4) is 0 Å². The lowest BCUT2D eigenvalue weighted by atomic mass is 10.1. The van der Waals surface area contributed by atoms with E-state index in [-0.39, 0.29) is 0 Å². The molecule has 0 aromatic heterocycles. The molecule has 0 saturated heterocycles. The van der Waals surface area contributed by atoms with Crippen LogP contribution >= 0.6 is 0 Å². The molecule has 1 rings (SSSR count). The van der Waals surface area contributed by atoms with Gasteiger partial charge in [-0.2, -0.15) is 0 Å². The Labute approximate surface area is 86.4 Å². The lowest BCUT2D eigenvalue weighted by Crippen LogP contribution is -1.98. The van der Waals surface area contributed by atoms with Gasteiger partial charge in [0, 0.05) is 0 Å². The molecule has 0 atom stereocenters. The van der Waals surface area contributed by atoms with Gasteiger partial charge in [-0.3, -0.25) is 0 Å². The smallest absolute Gasteiger partial charge is 0.125 e. The van der Waals surface area contributed by atoms with E-state index in [0.29, 0.717) is 6.61 Å². The molecule has 0 saturated carbocycles. The molecule has 0 fully saturated rings. The summed E-state index contributed by atoms with van der Waals surface area (Å²) in [6, 6.07) is 4.30. The maximum absolute atomic E-state index is 5.68. The Morgan fingerprint density at radius 3 is 2.21 bits per heavy atom. The zero-order valence-electron chi connectivity index (χ0n) is 9.42. The normalized spacial score (nSPS) is 10.9.